The summed E-state index contributed by atoms with van der Waals surface area (Å²) in [7, 11) is 0. The van der Waals surface area contributed by atoms with E-state index < -0.39 is 0 Å². The highest BCUT2D eigenvalue weighted by atomic mass is 14.2. The molecular formula is C15H16. The molecule has 0 heterocycles. The smallest absolute Gasteiger partial charge is 0.00884 e. The highest BCUT2D eigenvalue weighted by molar-refractivity contribution is 5.71. The first-order valence-corrected chi connectivity index (χ1v) is 5.91. The van der Waals surface area contributed by atoms with Gasteiger partial charge in [0.25, 0.3) is 0 Å². The van der Waals surface area contributed by atoms with Crippen LogP contribution in [0.2, 0.25) is 0 Å². The van der Waals surface area contributed by atoms with Crippen LogP contribution < -0.4 is 0 Å². The lowest BCUT2D eigenvalue weighted by Gasteiger charge is -2.16. The minimum absolute atomic E-state index is 1.11. The number of rotatable bonds is 1. The molecule has 1 aromatic rings. The fourth-order valence-corrected chi connectivity index (χ4v) is 2.59. The zero-order valence-electron chi connectivity index (χ0n) is 9.00. The van der Waals surface area contributed by atoms with Gasteiger partial charge in [0.2, 0.25) is 0 Å². The van der Waals surface area contributed by atoms with Crippen LogP contribution in [0.5, 0.6) is 0 Å². The SMILES string of the molecule is C1=CCC(c2ccc3c(c2)CCCC3)=C1. The van der Waals surface area contributed by atoms with E-state index in [0.717, 1.165) is 6.42 Å². The van der Waals surface area contributed by atoms with Crippen molar-refractivity contribution in [3.63, 3.8) is 0 Å². The molecule has 0 N–H and O–H groups in total. The van der Waals surface area contributed by atoms with Crippen LogP contribution in [0.1, 0.15) is 36.0 Å². The Bertz CT molecular complexity index is 435. The lowest BCUT2D eigenvalue weighted by molar-refractivity contribution is 0.685. The van der Waals surface area contributed by atoms with Crippen molar-refractivity contribution in [2.24, 2.45) is 0 Å². The highest BCUT2D eigenvalue weighted by Crippen LogP contribution is 2.28. The highest BCUT2D eigenvalue weighted by Gasteiger charge is 2.11. The first kappa shape index (κ1) is 8.96. The summed E-state index contributed by atoms with van der Waals surface area (Å²) in [5.74, 6) is 0. The maximum Gasteiger partial charge on any atom is -0.00884 e. The summed E-state index contributed by atoms with van der Waals surface area (Å²) in [6, 6.07) is 7.04. The summed E-state index contributed by atoms with van der Waals surface area (Å²) in [5, 5.41) is 0. The molecule has 0 amide bonds. The van der Waals surface area contributed by atoms with Gasteiger partial charge < -0.3 is 0 Å². The maximum atomic E-state index is 2.41. The van der Waals surface area contributed by atoms with Gasteiger partial charge in [-0.05, 0) is 54.4 Å². The lowest BCUT2D eigenvalue weighted by Crippen LogP contribution is -2.02. The van der Waals surface area contributed by atoms with Crippen molar-refractivity contribution >= 4 is 5.57 Å². The van der Waals surface area contributed by atoms with Crippen molar-refractivity contribution in [3.8, 4) is 0 Å². The van der Waals surface area contributed by atoms with Crippen LogP contribution in [-0.4, -0.2) is 0 Å². The summed E-state index contributed by atoms with van der Waals surface area (Å²) in [4.78, 5) is 0. The lowest BCUT2D eigenvalue weighted by atomic mass is 9.89. The van der Waals surface area contributed by atoms with E-state index in [-0.39, 0.29) is 0 Å². The van der Waals surface area contributed by atoms with Gasteiger partial charge in [-0.15, -0.1) is 0 Å². The van der Waals surface area contributed by atoms with E-state index in [0.29, 0.717) is 0 Å². The van der Waals surface area contributed by atoms with Crippen molar-refractivity contribution in [3.05, 3.63) is 53.1 Å². The quantitative estimate of drug-likeness (QED) is 0.639. The molecule has 2 aliphatic carbocycles. The van der Waals surface area contributed by atoms with Gasteiger partial charge >= 0.3 is 0 Å². The first-order chi connectivity index (χ1) is 7.43. The summed E-state index contributed by atoms with van der Waals surface area (Å²) in [6.45, 7) is 0. The van der Waals surface area contributed by atoms with Gasteiger partial charge in [-0.25, -0.2) is 0 Å². The third-order valence-electron chi connectivity index (χ3n) is 3.49. The fraction of sp³-hybridized carbons (Fsp3) is 0.333. The fourth-order valence-electron chi connectivity index (χ4n) is 2.59. The molecule has 0 spiro atoms. The van der Waals surface area contributed by atoms with Crippen LogP contribution in [0.15, 0.2) is 36.4 Å². The van der Waals surface area contributed by atoms with Gasteiger partial charge in [-0.3, -0.25) is 0 Å². The summed E-state index contributed by atoms with van der Waals surface area (Å²) in [6.07, 6.45) is 13.0. The average Bonchev–Trinajstić information content (AvgIpc) is 2.82. The molecule has 0 radical (unpaired) electrons. The summed E-state index contributed by atoms with van der Waals surface area (Å²) < 4.78 is 0. The van der Waals surface area contributed by atoms with Crippen LogP contribution in [0, 0.1) is 0 Å². The van der Waals surface area contributed by atoms with Crippen molar-refractivity contribution in [2.45, 2.75) is 32.1 Å². The molecule has 0 nitrogen and oxygen atoms in total. The van der Waals surface area contributed by atoms with E-state index in [2.05, 4.69) is 36.4 Å². The molecular weight excluding hydrogens is 180 g/mol. The Morgan fingerprint density at radius 1 is 0.933 bits per heavy atom. The molecule has 0 bridgehead atoms. The van der Waals surface area contributed by atoms with Gasteiger partial charge in [-0.1, -0.05) is 36.4 Å². The Labute approximate surface area is 91.3 Å². The molecule has 0 fully saturated rings. The van der Waals surface area contributed by atoms with E-state index in [1.807, 2.05) is 0 Å². The van der Waals surface area contributed by atoms with Crippen molar-refractivity contribution < 1.29 is 0 Å². The summed E-state index contributed by atoms with van der Waals surface area (Å²) >= 11 is 0. The summed E-state index contributed by atoms with van der Waals surface area (Å²) in [5.41, 5.74) is 6.08. The van der Waals surface area contributed by atoms with Gasteiger partial charge in [0.05, 0.1) is 0 Å². The molecule has 0 heteroatoms. The number of benzene rings is 1. The van der Waals surface area contributed by atoms with Gasteiger partial charge in [0.15, 0.2) is 0 Å². The maximum absolute atomic E-state index is 2.41. The zero-order chi connectivity index (χ0) is 10.1. The molecule has 0 aliphatic heterocycles. The van der Waals surface area contributed by atoms with Crippen molar-refractivity contribution in [1.82, 2.24) is 0 Å². The molecule has 0 atom stereocenters. The number of fused-ring (bicyclic) bond motifs is 1. The van der Waals surface area contributed by atoms with E-state index >= 15 is 0 Å². The van der Waals surface area contributed by atoms with Crippen molar-refractivity contribution in [2.75, 3.05) is 0 Å². The van der Waals surface area contributed by atoms with E-state index in [9.17, 15) is 0 Å². The number of allylic oxidation sites excluding steroid dienone is 4. The molecule has 0 aromatic heterocycles. The third kappa shape index (κ3) is 1.65. The average molecular weight is 196 g/mol. The molecule has 0 unspecified atom stereocenters. The standard InChI is InChI=1S/C15H16/c1-2-6-12(5-1)15-10-9-13-7-3-4-8-14(13)11-15/h1-2,5,9-11H,3-4,6-8H2. The van der Waals surface area contributed by atoms with Crippen molar-refractivity contribution in [1.29, 1.82) is 0 Å². The second kappa shape index (κ2) is 3.69. The minimum Gasteiger partial charge on any atom is -0.0801 e. The number of hydrogen-bond acceptors (Lipinski definition) is 0. The van der Waals surface area contributed by atoms with Crippen LogP contribution in [0.25, 0.3) is 5.57 Å². The third-order valence-corrected chi connectivity index (χ3v) is 3.49. The van der Waals surface area contributed by atoms with Crippen LogP contribution >= 0.6 is 0 Å². The van der Waals surface area contributed by atoms with Crippen LogP contribution in [-0.2, 0) is 12.8 Å². The normalized spacial score (nSPS) is 18.8. The number of hydrogen-bond donors (Lipinski definition) is 0. The molecule has 3 rings (SSSR count). The Kier molecular flexibility index (Phi) is 2.21. The second-order valence-electron chi connectivity index (χ2n) is 4.51. The van der Waals surface area contributed by atoms with Gasteiger partial charge in [-0.2, -0.15) is 0 Å². The monoisotopic (exact) mass is 196 g/mol. The Balaban J connectivity index is 1.97. The second-order valence-corrected chi connectivity index (χ2v) is 4.51. The number of aryl methyl sites for hydroxylation is 2. The molecule has 15 heavy (non-hydrogen) atoms. The molecule has 0 saturated carbocycles. The predicted molar refractivity (Wildman–Crippen MR) is 64.8 cm³/mol. The zero-order valence-corrected chi connectivity index (χ0v) is 9.00. The Morgan fingerprint density at radius 3 is 2.60 bits per heavy atom. The van der Waals surface area contributed by atoms with E-state index in [4.69, 9.17) is 0 Å². The van der Waals surface area contributed by atoms with E-state index in [1.54, 1.807) is 11.1 Å². The first-order valence-electron chi connectivity index (χ1n) is 5.91. The van der Waals surface area contributed by atoms with Gasteiger partial charge in [0.1, 0.15) is 0 Å². The molecule has 76 valence electrons. The van der Waals surface area contributed by atoms with Crippen LogP contribution in [0.3, 0.4) is 0 Å². The molecule has 2 aliphatic rings. The van der Waals surface area contributed by atoms with E-state index in [1.165, 1.54) is 36.8 Å². The Morgan fingerprint density at radius 2 is 1.80 bits per heavy atom. The van der Waals surface area contributed by atoms with Gasteiger partial charge in [0, 0.05) is 0 Å². The topological polar surface area (TPSA) is 0 Å². The van der Waals surface area contributed by atoms with Crippen LogP contribution in [0.4, 0.5) is 0 Å². The predicted octanol–water partition coefficient (Wildman–Crippen LogP) is 3.91. The molecule has 1 aromatic carbocycles. The minimum atomic E-state index is 1.11. The molecule has 0 saturated heterocycles. The largest absolute Gasteiger partial charge is 0.0801 e. The Hall–Kier alpha value is -1.30.